The molecule has 27 heavy (non-hydrogen) atoms. The molecule has 0 radical (unpaired) electrons. The lowest BCUT2D eigenvalue weighted by molar-refractivity contribution is 0.101. The van der Waals surface area contributed by atoms with E-state index < -0.39 is 0 Å². The van der Waals surface area contributed by atoms with Gasteiger partial charge in [0.15, 0.2) is 5.58 Å². The van der Waals surface area contributed by atoms with E-state index in [4.69, 9.17) is 27.6 Å². The molecule has 0 aliphatic rings. The quantitative estimate of drug-likeness (QED) is 0.447. The SMILES string of the molecule is Cc1ccc(Cn2c(C(=O)Nc3cccc(Cl)c3Cl)cc3occc32)cc1. The number of carbonyl (C=O) groups is 1. The molecule has 4 aromatic rings. The molecule has 0 saturated heterocycles. The number of hydrogen-bond acceptors (Lipinski definition) is 2. The van der Waals surface area contributed by atoms with E-state index in [1.54, 1.807) is 30.5 Å². The number of benzene rings is 2. The van der Waals surface area contributed by atoms with Crippen molar-refractivity contribution in [2.45, 2.75) is 13.5 Å². The lowest BCUT2D eigenvalue weighted by atomic mass is 10.1. The van der Waals surface area contributed by atoms with Crippen LogP contribution in [0.3, 0.4) is 0 Å². The number of nitrogens with zero attached hydrogens (tertiary/aromatic N) is 1. The molecule has 1 amide bonds. The maximum Gasteiger partial charge on any atom is 0.272 e. The summed E-state index contributed by atoms with van der Waals surface area (Å²) in [5.41, 5.74) is 4.75. The van der Waals surface area contributed by atoms with Crippen molar-refractivity contribution in [3.8, 4) is 0 Å². The number of hydrogen-bond donors (Lipinski definition) is 1. The molecular formula is C21H16Cl2N2O2. The molecule has 0 unspecified atom stereocenters. The van der Waals surface area contributed by atoms with Crippen LogP contribution in [0.15, 0.2) is 65.3 Å². The first-order valence-electron chi connectivity index (χ1n) is 8.40. The van der Waals surface area contributed by atoms with Gasteiger partial charge in [0.2, 0.25) is 0 Å². The summed E-state index contributed by atoms with van der Waals surface area (Å²) < 4.78 is 7.42. The molecule has 0 spiro atoms. The van der Waals surface area contributed by atoms with E-state index in [-0.39, 0.29) is 5.91 Å². The van der Waals surface area contributed by atoms with Crippen molar-refractivity contribution in [1.82, 2.24) is 4.57 Å². The smallest absolute Gasteiger partial charge is 0.272 e. The second kappa shape index (κ2) is 7.14. The molecule has 0 saturated carbocycles. The Morgan fingerprint density at radius 3 is 2.67 bits per heavy atom. The lowest BCUT2D eigenvalue weighted by Crippen LogP contribution is -2.17. The standard InChI is InChI=1S/C21H16Cl2N2O2/c1-13-5-7-14(8-6-13)12-25-17-9-10-27-19(17)11-18(25)21(26)24-16-4-2-3-15(22)20(16)23/h2-11H,12H2,1H3,(H,24,26). The van der Waals surface area contributed by atoms with E-state index in [0.29, 0.717) is 33.6 Å². The maximum atomic E-state index is 12.9. The van der Waals surface area contributed by atoms with Crippen molar-refractivity contribution < 1.29 is 9.21 Å². The maximum absolute atomic E-state index is 12.9. The highest BCUT2D eigenvalue weighted by Gasteiger charge is 2.19. The third-order valence-electron chi connectivity index (χ3n) is 4.42. The van der Waals surface area contributed by atoms with Crippen molar-refractivity contribution >= 4 is 45.9 Å². The summed E-state index contributed by atoms with van der Waals surface area (Å²) in [5.74, 6) is -0.280. The zero-order valence-electron chi connectivity index (χ0n) is 14.5. The number of nitrogens with one attached hydrogen (secondary N) is 1. The number of carbonyl (C=O) groups excluding carboxylic acids is 1. The summed E-state index contributed by atoms with van der Waals surface area (Å²) in [7, 11) is 0. The number of anilines is 1. The number of aryl methyl sites for hydroxylation is 1. The van der Waals surface area contributed by atoms with Gasteiger partial charge in [-0.3, -0.25) is 4.79 Å². The highest BCUT2D eigenvalue weighted by molar-refractivity contribution is 6.44. The van der Waals surface area contributed by atoms with E-state index in [9.17, 15) is 4.79 Å². The highest BCUT2D eigenvalue weighted by Crippen LogP contribution is 2.30. The molecule has 136 valence electrons. The largest absolute Gasteiger partial charge is 0.463 e. The third kappa shape index (κ3) is 3.46. The van der Waals surface area contributed by atoms with Gasteiger partial charge in [0, 0.05) is 18.7 Å². The molecule has 2 heterocycles. The first-order chi connectivity index (χ1) is 13.0. The summed E-state index contributed by atoms with van der Waals surface area (Å²) in [5, 5.41) is 3.54. The monoisotopic (exact) mass is 398 g/mol. The van der Waals surface area contributed by atoms with Crippen molar-refractivity contribution in [2.75, 3.05) is 5.32 Å². The first kappa shape index (κ1) is 17.7. The number of fused-ring (bicyclic) bond motifs is 1. The van der Waals surface area contributed by atoms with Crippen LogP contribution in [0.2, 0.25) is 10.0 Å². The Morgan fingerprint density at radius 1 is 1.11 bits per heavy atom. The van der Waals surface area contributed by atoms with Crippen LogP contribution in [0.4, 0.5) is 5.69 Å². The molecule has 0 aliphatic heterocycles. The van der Waals surface area contributed by atoms with E-state index in [1.807, 2.05) is 17.6 Å². The molecule has 4 nitrogen and oxygen atoms in total. The van der Waals surface area contributed by atoms with Crippen LogP contribution in [0, 0.1) is 6.92 Å². The zero-order chi connectivity index (χ0) is 19.0. The van der Waals surface area contributed by atoms with Gasteiger partial charge in [-0.1, -0.05) is 59.1 Å². The second-order valence-electron chi connectivity index (χ2n) is 6.33. The van der Waals surface area contributed by atoms with Gasteiger partial charge in [-0.25, -0.2) is 0 Å². The number of rotatable bonds is 4. The Bertz CT molecular complexity index is 1130. The zero-order valence-corrected chi connectivity index (χ0v) is 16.0. The van der Waals surface area contributed by atoms with Crippen LogP contribution in [0.25, 0.3) is 11.1 Å². The van der Waals surface area contributed by atoms with E-state index in [1.165, 1.54) is 5.56 Å². The third-order valence-corrected chi connectivity index (χ3v) is 5.24. The topological polar surface area (TPSA) is 47.2 Å². The van der Waals surface area contributed by atoms with Crippen LogP contribution >= 0.6 is 23.2 Å². The number of aromatic nitrogens is 1. The number of halogens is 2. The summed E-state index contributed by atoms with van der Waals surface area (Å²) in [6.07, 6.45) is 1.62. The average molecular weight is 399 g/mol. The molecule has 0 bridgehead atoms. The van der Waals surface area contributed by atoms with Crippen molar-refractivity contribution in [1.29, 1.82) is 0 Å². The van der Waals surface area contributed by atoms with Gasteiger partial charge in [0.25, 0.3) is 5.91 Å². The fourth-order valence-corrected chi connectivity index (χ4v) is 3.35. The Hall–Kier alpha value is -2.69. The molecule has 0 atom stereocenters. The van der Waals surface area contributed by atoms with Gasteiger partial charge in [-0.15, -0.1) is 0 Å². The molecule has 0 aliphatic carbocycles. The van der Waals surface area contributed by atoms with Crippen LogP contribution in [0.5, 0.6) is 0 Å². The number of furan rings is 1. The molecule has 1 N–H and O–H groups in total. The summed E-state index contributed by atoms with van der Waals surface area (Å²) in [4.78, 5) is 12.9. The highest BCUT2D eigenvalue weighted by atomic mass is 35.5. The predicted octanol–water partition coefficient (Wildman–Crippen LogP) is 6.15. The Kier molecular flexibility index (Phi) is 4.68. The van der Waals surface area contributed by atoms with E-state index in [0.717, 1.165) is 11.1 Å². The normalized spacial score (nSPS) is 11.1. The Labute approximate surface area is 166 Å². The summed E-state index contributed by atoms with van der Waals surface area (Å²) >= 11 is 12.2. The molecular weight excluding hydrogens is 383 g/mol. The van der Waals surface area contributed by atoms with Gasteiger partial charge >= 0.3 is 0 Å². The predicted molar refractivity (Wildman–Crippen MR) is 109 cm³/mol. The van der Waals surface area contributed by atoms with Gasteiger partial charge in [0.05, 0.1) is 27.5 Å². The fraction of sp³-hybridized carbons (Fsp3) is 0.0952. The van der Waals surface area contributed by atoms with Crippen LogP contribution in [0.1, 0.15) is 21.6 Å². The fourth-order valence-electron chi connectivity index (χ4n) is 3.00. The molecule has 2 aromatic heterocycles. The minimum Gasteiger partial charge on any atom is -0.463 e. The van der Waals surface area contributed by atoms with Crippen molar-refractivity contribution in [2.24, 2.45) is 0 Å². The van der Waals surface area contributed by atoms with Crippen LogP contribution in [-0.2, 0) is 6.54 Å². The minimum atomic E-state index is -0.280. The van der Waals surface area contributed by atoms with Crippen molar-refractivity contribution in [3.05, 3.63) is 87.7 Å². The first-order valence-corrected chi connectivity index (χ1v) is 9.16. The Balaban J connectivity index is 1.70. The molecule has 2 aromatic carbocycles. The van der Waals surface area contributed by atoms with E-state index in [2.05, 4.69) is 29.6 Å². The molecule has 0 fully saturated rings. The minimum absolute atomic E-state index is 0.280. The van der Waals surface area contributed by atoms with Gasteiger partial charge in [-0.05, 0) is 24.6 Å². The molecule has 4 rings (SSSR count). The van der Waals surface area contributed by atoms with E-state index >= 15 is 0 Å². The molecule has 6 heteroatoms. The van der Waals surface area contributed by atoms with Crippen LogP contribution < -0.4 is 5.32 Å². The second-order valence-corrected chi connectivity index (χ2v) is 7.11. The van der Waals surface area contributed by atoms with Gasteiger partial charge in [-0.2, -0.15) is 0 Å². The van der Waals surface area contributed by atoms with Gasteiger partial charge in [0.1, 0.15) is 5.69 Å². The van der Waals surface area contributed by atoms with Crippen molar-refractivity contribution in [3.63, 3.8) is 0 Å². The number of amides is 1. The van der Waals surface area contributed by atoms with Crippen LogP contribution in [-0.4, -0.2) is 10.5 Å². The Morgan fingerprint density at radius 2 is 1.89 bits per heavy atom. The average Bonchev–Trinajstić information content (AvgIpc) is 3.23. The summed E-state index contributed by atoms with van der Waals surface area (Å²) in [6, 6.07) is 16.9. The van der Waals surface area contributed by atoms with Gasteiger partial charge < -0.3 is 14.3 Å². The summed E-state index contributed by atoms with van der Waals surface area (Å²) in [6.45, 7) is 2.59. The lowest BCUT2D eigenvalue weighted by Gasteiger charge is -2.12.